The molecule has 0 bridgehead atoms. The minimum Gasteiger partial charge on any atom is -0.497 e. The first kappa shape index (κ1) is 21.2. The highest BCUT2D eigenvalue weighted by atomic mass is 16.5. The van der Waals surface area contributed by atoms with Crippen LogP contribution in [0.2, 0.25) is 0 Å². The molecule has 5 nitrogen and oxygen atoms in total. The Morgan fingerprint density at radius 1 is 0.867 bits per heavy atom. The maximum absolute atomic E-state index is 12.8. The van der Waals surface area contributed by atoms with Crippen LogP contribution in [-0.2, 0) is 6.61 Å². The zero-order chi connectivity index (χ0) is 21.5. The fraction of sp³-hybridized carbons (Fsp3) is 0.240. The number of carbonyl (C=O) groups excluding carboxylic acids is 1. The standard InChI is InChI=1S/C25H27NO4/c1-5-29-24-13-7-19(25(27)26-21-8-6-17(2)18(3)14-21)15-20(24)16-30-23-11-9-22(28-4)10-12-23/h6-15H,5,16H2,1-4H3,(H,26,27). The minimum atomic E-state index is -0.174. The predicted octanol–water partition coefficient (Wildman–Crippen LogP) is 5.54. The lowest BCUT2D eigenvalue weighted by molar-refractivity contribution is 0.102. The molecule has 3 aromatic carbocycles. The van der Waals surface area contributed by atoms with Crippen molar-refractivity contribution in [1.29, 1.82) is 0 Å². The van der Waals surface area contributed by atoms with Crippen LogP contribution in [0.4, 0.5) is 5.69 Å². The predicted molar refractivity (Wildman–Crippen MR) is 119 cm³/mol. The van der Waals surface area contributed by atoms with Crippen LogP contribution in [-0.4, -0.2) is 19.6 Å². The van der Waals surface area contributed by atoms with Crippen LogP contribution in [0.15, 0.2) is 60.7 Å². The van der Waals surface area contributed by atoms with Gasteiger partial charge in [0, 0.05) is 16.8 Å². The molecule has 0 aliphatic rings. The van der Waals surface area contributed by atoms with E-state index in [1.807, 2.05) is 75.4 Å². The van der Waals surface area contributed by atoms with E-state index in [1.165, 1.54) is 5.56 Å². The second kappa shape index (κ2) is 9.83. The Hall–Kier alpha value is -3.47. The number of hydrogen-bond acceptors (Lipinski definition) is 4. The Balaban J connectivity index is 1.76. The average Bonchev–Trinajstić information content (AvgIpc) is 2.76. The highest BCUT2D eigenvalue weighted by molar-refractivity contribution is 6.04. The van der Waals surface area contributed by atoms with Crippen LogP contribution in [0, 0.1) is 13.8 Å². The highest BCUT2D eigenvalue weighted by Crippen LogP contribution is 2.25. The molecule has 0 saturated carbocycles. The molecule has 1 amide bonds. The molecule has 0 unspecified atom stereocenters. The molecule has 3 aromatic rings. The van der Waals surface area contributed by atoms with Crippen LogP contribution in [0.5, 0.6) is 17.2 Å². The molecular weight excluding hydrogens is 378 g/mol. The van der Waals surface area contributed by atoms with Crippen molar-refractivity contribution in [2.75, 3.05) is 19.0 Å². The summed E-state index contributed by atoms with van der Waals surface area (Å²) in [4.78, 5) is 12.8. The van der Waals surface area contributed by atoms with Gasteiger partial charge in [0.1, 0.15) is 23.9 Å². The number of aryl methyl sites for hydroxylation is 2. The van der Waals surface area contributed by atoms with E-state index in [1.54, 1.807) is 13.2 Å². The average molecular weight is 405 g/mol. The summed E-state index contributed by atoms with van der Waals surface area (Å²) in [6, 6.07) is 18.6. The van der Waals surface area contributed by atoms with Crippen molar-refractivity contribution in [3.05, 3.63) is 82.9 Å². The smallest absolute Gasteiger partial charge is 0.255 e. The highest BCUT2D eigenvalue weighted by Gasteiger charge is 2.12. The second-order valence-electron chi connectivity index (χ2n) is 6.97. The summed E-state index contributed by atoms with van der Waals surface area (Å²) >= 11 is 0. The zero-order valence-electron chi connectivity index (χ0n) is 17.8. The Labute approximate surface area is 177 Å². The van der Waals surface area contributed by atoms with Gasteiger partial charge in [-0.05, 0) is 86.5 Å². The van der Waals surface area contributed by atoms with E-state index in [0.717, 1.165) is 22.6 Å². The van der Waals surface area contributed by atoms with Crippen molar-refractivity contribution in [3.8, 4) is 17.2 Å². The van der Waals surface area contributed by atoms with E-state index in [2.05, 4.69) is 5.32 Å². The van der Waals surface area contributed by atoms with E-state index < -0.39 is 0 Å². The molecule has 0 aliphatic carbocycles. The quantitative estimate of drug-likeness (QED) is 0.534. The first-order valence-electron chi connectivity index (χ1n) is 9.91. The van der Waals surface area contributed by atoms with Gasteiger partial charge in [-0.2, -0.15) is 0 Å². The minimum absolute atomic E-state index is 0.174. The van der Waals surface area contributed by atoms with Gasteiger partial charge in [0.25, 0.3) is 5.91 Å². The van der Waals surface area contributed by atoms with E-state index in [9.17, 15) is 4.79 Å². The third-order valence-corrected chi connectivity index (χ3v) is 4.84. The number of nitrogens with one attached hydrogen (secondary N) is 1. The lowest BCUT2D eigenvalue weighted by Gasteiger charge is -2.14. The SMILES string of the molecule is CCOc1ccc(C(=O)Nc2ccc(C)c(C)c2)cc1COc1ccc(OC)cc1. The Morgan fingerprint density at radius 2 is 1.60 bits per heavy atom. The molecule has 0 spiro atoms. The van der Waals surface area contributed by atoms with Gasteiger partial charge in [-0.15, -0.1) is 0 Å². The normalized spacial score (nSPS) is 10.4. The first-order chi connectivity index (χ1) is 14.5. The molecule has 156 valence electrons. The topological polar surface area (TPSA) is 56.8 Å². The molecule has 0 atom stereocenters. The Bertz CT molecular complexity index is 1010. The number of amides is 1. The van der Waals surface area contributed by atoms with Crippen LogP contribution >= 0.6 is 0 Å². The van der Waals surface area contributed by atoms with Crippen molar-refractivity contribution >= 4 is 11.6 Å². The molecule has 0 fully saturated rings. The third-order valence-electron chi connectivity index (χ3n) is 4.84. The summed E-state index contributed by atoms with van der Waals surface area (Å²) < 4.78 is 16.8. The number of benzene rings is 3. The van der Waals surface area contributed by atoms with Crippen molar-refractivity contribution in [2.45, 2.75) is 27.4 Å². The summed E-state index contributed by atoms with van der Waals surface area (Å²) in [5, 5.41) is 2.96. The largest absolute Gasteiger partial charge is 0.497 e. The number of rotatable bonds is 8. The van der Waals surface area contributed by atoms with Crippen molar-refractivity contribution < 1.29 is 19.0 Å². The molecule has 0 aliphatic heterocycles. The number of anilines is 1. The number of hydrogen-bond donors (Lipinski definition) is 1. The fourth-order valence-corrected chi connectivity index (χ4v) is 2.99. The maximum atomic E-state index is 12.8. The van der Waals surface area contributed by atoms with Gasteiger partial charge in [0.15, 0.2) is 0 Å². The van der Waals surface area contributed by atoms with Gasteiger partial charge in [0.05, 0.1) is 13.7 Å². The van der Waals surface area contributed by atoms with Crippen molar-refractivity contribution in [1.82, 2.24) is 0 Å². The van der Waals surface area contributed by atoms with Crippen LogP contribution < -0.4 is 19.5 Å². The van der Waals surface area contributed by atoms with Crippen LogP contribution in [0.3, 0.4) is 0 Å². The molecule has 0 saturated heterocycles. The lowest BCUT2D eigenvalue weighted by Crippen LogP contribution is -2.13. The molecule has 30 heavy (non-hydrogen) atoms. The van der Waals surface area contributed by atoms with E-state index in [0.29, 0.717) is 23.7 Å². The summed E-state index contributed by atoms with van der Waals surface area (Å²) in [5.41, 5.74) is 4.44. The monoisotopic (exact) mass is 405 g/mol. The molecule has 1 N–H and O–H groups in total. The summed E-state index contributed by atoms with van der Waals surface area (Å²) in [6.07, 6.45) is 0. The van der Waals surface area contributed by atoms with Crippen LogP contribution in [0.25, 0.3) is 0 Å². The third kappa shape index (κ3) is 5.32. The van der Waals surface area contributed by atoms with Crippen LogP contribution in [0.1, 0.15) is 34.0 Å². The van der Waals surface area contributed by atoms with Gasteiger partial charge in [0.2, 0.25) is 0 Å². The molecule has 5 heteroatoms. The first-order valence-corrected chi connectivity index (χ1v) is 9.91. The van der Waals surface area contributed by atoms with E-state index in [-0.39, 0.29) is 12.5 Å². The number of ether oxygens (including phenoxy) is 3. The molecule has 0 radical (unpaired) electrons. The molecule has 0 aromatic heterocycles. The lowest BCUT2D eigenvalue weighted by atomic mass is 10.1. The van der Waals surface area contributed by atoms with Crippen molar-refractivity contribution in [3.63, 3.8) is 0 Å². The summed E-state index contributed by atoms with van der Waals surface area (Å²) in [6.45, 7) is 6.81. The van der Waals surface area contributed by atoms with Gasteiger partial charge in [-0.3, -0.25) is 4.79 Å². The fourth-order valence-electron chi connectivity index (χ4n) is 2.99. The molecular formula is C25H27NO4. The number of carbonyl (C=O) groups is 1. The summed E-state index contributed by atoms with van der Waals surface area (Å²) in [7, 11) is 1.62. The van der Waals surface area contributed by atoms with Gasteiger partial charge >= 0.3 is 0 Å². The molecule has 3 rings (SSSR count). The molecule has 0 heterocycles. The van der Waals surface area contributed by atoms with Crippen molar-refractivity contribution in [2.24, 2.45) is 0 Å². The van der Waals surface area contributed by atoms with E-state index in [4.69, 9.17) is 14.2 Å². The zero-order valence-corrected chi connectivity index (χ0v) is 17.8. The number of methoxy groups -OCH3 is 1. The Kier molecular flexibility index (Phi) is 6.96. The van der Waals surface area contributed by atoms with E-state index >= 15 is 0 Å². The summed E-state index contributed by atoms with van der Waals surface area (Å²) in [5.74, 6) is 2.01. The van der Waals surface area contributed by atoms with Gasteiger partial charge < -0.3 is 19.5 Å². The van der Waals surface area contributed by atoms with Gasteiger partial charge in [-0.25, -0.2) is 0 Å². The Morgan fingerprint density at radius 3 is 2.27 bits per heavy atom. The maximum Gasteiger partial charge on any atom is 0.255 e. The second-order valence-corrected chi connectivity index (χ2v) is 6.97. The van der Waals surface area contributed by atoms with Gasteiger partial charge in [-0.1, -0.05) is 6.07 Å².